The minimum Gasteiger partial charge on any atom is -0.354 e. The van der Waals surface area contributed by atoms with Gasteiger partial charge in [0.1, 0.15) is 12.6 Å². The molecule has 3 aromatic rings. The highest BCUT2D eigenvalue weighted by Gasteiger charge is 2.33. The highest BCUT2D eigenvalue weighted by atomic mass is 79.9. The molecule has 0 bridgehead atoms. The predicted octanol–water partition coefficient (Wildman–Crippen LogP) is 6.08. The summed E-state index contributed by atoms with van der Waals surface area (Å²) in [6.07, 6.45) is 2.95. The van der Waals surface area contributed by atoms with Crippen LogP contribution in [0.3, 0.4) is 0 Å². The number of halogens is 3. The maximum atomic E-state index is 14.0. The second-order valence-electron chi connectivity index (χ2n) is 9.40. The van der Waals surface area contributed by atoms with Crippen LogP contribution in [0, 0.1) is 0 Å². The van der Waals surface area contributed by atoms with Gasteiger partial charge in [-0.3, -0.25) is 13.9 Å². The lowest BCUT2D eigenvalue weighted by atomic mass is 10.0. The first-order chi connectivity index (χ1) is 19.0. The second-order valence-corrected chi connectivity index (χ2v) is 13.1. The molecule has 0 fully saturated rings. The van der Waals surface area contributed by atoms with Crippen molar-refractivity contribution in [2.75, 3.05) is 23.7 Å². The van der Waals surface area contributed by atoms with Crippen molar-refractivity contribution in [2.24, 2.45) is 0 Å². The molecule has 0 aromatic heterocycles. The number of carbonyl (C=O) groups is 2. The van der Waals surface area contributed by atoms with E-state index in [4.69, 9.17) is 23.2 Å². The molecule has 0 aliphatic heterocycles. The Bertz CT molecular complexity index is 1390. The Morgan fingerprint density at radius 3 is 2.15 bits per heavy atom. The van der Waals surface area contributed by atoms with E-state index in [0.29, 0.717) is 6.54 Å². The van der Waals surface area contributed by atoms with E-state index < -0.39 is 28.5 Å². The molecule has 3 rings (SSSR count). The topological polar surface area (TPSA) is 86.8 Å². The summed E-state index contributed by atoms with van der Waals surface area (Å²) >= 11 is 15.7. The number of nitrogens with one attached hydrogen (secondary N) is 1. The number of hydrogen-bond acceptors (Lipinski definition) is 4. The molecule has 1 N–H and O–H groups in total. The Balaban J connectivity index is 2.04. The standard InChI is InChI=1S/C29H32BrCl2N3O4S/c1-3-4-14-33-29(37)27(15-21-8-6-5-7-9-21)34(19-22-10-12-23(30)13-11-22)28(36)20-35(40(2,38)39)26-17-24(31)16-25(32)18-26/h5-13,16-18,27H,3-4,14-15,19-20H2,1-2H3,(H,33,37)/t27-/m0/s1. The molecule has 0 heterocycles. The summed E-state index contributed by atoms with van der Waals surface area (Å²) in [5.74, 6) is -0.851. The molecule has 7 nitrogen and oxygen atoms in total. The van der Waals surface area contributed by atoms with Gasteiger partial charge in [0.2, 0.25) is 21.8 Å². The molecule has 2 amide bonds. The van der Waals surface area contributed by atoms with E-state index in [1.165, 1.54) is 23.1 Å². The first-order valence-electron chi connectivity index (χ1n) is 12.8. The van der Waals surface area contributed by atoms with Gasteiger partial charge in [-0.25, -0.2) is 8.42 Å². The Labute approximate surface area is 254 Å². The molecular formula is C29H32BrCl2N3O4S. The van der Waals surface area contributed by atoms with E-state index in [-0.39, 0.29) is 34.6 Å². The van der Waals surface area contributed by atoms with Crippen molar-refractivity contribution in [1.29, 1.82) is 0 Å². The number of hydrogen-bond donors (Lipinski definition) is 1. The van der Waals surface area contributed by atoms with Crippen molar-refractivity contribution in [2.45, 2.75) is 38.8 Å². The third-order valence-corrected chi connectivity index (χ3v) is 8.29. The summed E-state index contributed by atoms with van der Waals surface area (Å²) in [6.45, 7) is 2.05. The van der Waals surface area contributed by atoms with Gasteiger partial charge in [-0.15, -0.1) is 0 Å². The average molecular weight is 669 g/mol. The molecule has 0 radical (unpaired) electrons. The van der Waals surface area contributed by atoms with Crippen LogP contribution >= 0.6 is 39.1 Å². The number of nitrogens with zero attached hydrogens (tertiary/aromatic N) is 2. The number of sulfonamides is 1. The predicted molar refractivity (Wildman–Crippen MR) is 165 cm³/mol. The van der Waals surface area contributed by atoms with Gasteiger partial charge >= 0.3 is 0 Å². The molecule has 3 aromatic carbocycles. The van der Waals surface area contributed by atoms with Crippen LogP contribution in [0.25, 0.3) is 0 Å². The van der Waals surface area contributed by atoms with E-state index >= 15 is 0 Å². The second kappa shape index (κ2) is 14.9. The molecule has 0 saturated heterocycles. The van der Waals surface area contributed by atoms with Gasteiger partial charge in [0, 0.05) is 34.0 Å². The monoisotopic (exact) mass is 667 g/mol. The van der Waals surface area contributed by atoms with Crippen LogP contribution in [0.5, 0.6) is 0 Å². The van der Waals surface area contributed by atoms with E-state index in [1.54, 1.807) is 0 Å². The first kappa shape index (κ1) is 31.9. The molecule has 214 valence electrons. The van der Waals surface area contributed by atoms with Crippen molar-refractivity contribution >= 4 is 66.7 Å². The lowest BCUT2D eigenvalue weighted by Gasteiger charge is -2.33. The minimum absolute atomic E-state index is 0.0959. The normalized spacial score (nSPS) is 12.0. The number of anilines is 1. The summed E-state index contributed by atoms with van der Waals surface area (Å²) in [6, 6.07) is 20.3. The van der Waals surface area contributed by atoms with Crippen LogP contribution in [-0.2, 0) is 32.6 Å². The van der Waals surface area contributed by atoms with E-state index in [0.717, 1.165) is 39.0 Å². The van der Waals surface area contributed by atoms with Crippen LogP contribution in [0.4, 0.5) is 5.69 Å². The van der Waals surface area contributed by atoms with E-state index in [9.17, 15) is 18.0 Å². The lowest BCUT2D eigenvalue weighted by Crippen LogP contribution is -2.53. The molecule has 1 atom stereocenters. The maximum Gasteiger partial charge on any atom is 0.244 e. The Hall–Kier alpha value is -2.59. The van der Waals surface area contributed by atoms with Crippen molar-refractivity contribution in [3.63, 3.8) is 0 Å². The van der Waals surface area contributed by atoms with Gasteiger partial charge in [-0.05, 0) is 47.9 Å². The molecule has 0 unspecified atom stereocenters. The number of benzene rings is 3. The van der Waals surface area contributed by atoms with Crippen LogP contribution in [0.1, 0.15) is 30.9 Å². The van der Waals surface area contributed by atoms with Crippen molar-refractivity contribution in [3.05, 3.63) is 98.4 Å². The highest BCUT2D eigenvalue weighted by molar-refractivity contribution is 9.10. The van der Waals surface area contributed by atoms with E-state index in [1.807, 2.05) is 61.5 Å². The van der Waals surface area contributed by atoms with Crippen LogP contribution in [0.2, 0.25) is 10.0 Å². The first-order valence-corrected chi connectivity index (χ1v) is 16.2. The summed E-state index contributed by atoms with van der Waals surface area (Å²) in [5.41, 5.74) is 1.81. The molecule has 0 aliphatic carbocycles. The molecule has 40 heavy (non-hydrogen) atoms. The van der Waals surface area contributed by atoms with Gasteiger partial charge in [-0.2, -0.15) is 0 Å². The van der Waals surface area contributed by atoms with Crippen molar-refractivity contribution < 1.29 is 18.0 Å². The number of carbonyl (C=O) groups excluding carboxylic acids is 2. The van der Waals surface area contributed by atoms with Crippen molar-refractivity contribution in [3.8, 4) is 0 Å². The lowest BCUT2D eigenvalue weighted by molar-refractivity contribution is -0.140. The number of rotatable bonds is 13. The fraction of sp³-hybridized carbons (Fsp3) is 0.310. The van der Waals surface area contributed by atoms with Gasteiger partial charge in [0.15, 0.2) is 0 Å². The van der Waals surface area contributed by atoms with Crippen LogP contribution in [-0.4, -0.2) is 50.5 Å². The summed E-state index contributed by atoms with van der Waals surface area (Å²) in [7, 11) is -3.92. The number of amides is 2. The zero-order valence-corrected chi connectivity index (χ0v) is 26.2. The van der Waals surface area contributed by atoms with E-state index in [2.05, 4.69) is 21.2 Å². The van der Waals surface area contributed by atoms with Gasteiger partial charge < -0.3 is 10.2 Å². The Kier molecular flexibility index (Phi) is 11.9. The van der Waals surface area contributed by atoms with Gasteiger partial charge in [-0.1, -0.05) is 94.9 Å². The molecule has 0 spiro atoms. The third kappa shape index (κ3) is 9.51. The quantitative estimate of drug-likeness (QED) is 0.224. The summed E-state index contributed by atoms with van der Waals surface area (Å²) in [5, 5.41) is 3.42. The summed E-state index contributed by atoms with van der Waals surface area (Å²) < 4.78 is 27.5. The molecule has 0 saturated carbocycles. The molecule has 11 heteroatoms. The zero-order chi connectivity index (χ0) is 29.3. The van der Waals surface area contributed by atoms with Gasteiger partial charge in [0.25, 0.3) is 0 Å². The fourth-order valence-corrected chi connectivity index (χ4v) is 5.76. The van der Waals surface area contributed by atoms with Crippen LogP contribution in [0.15, 0.2) is 77.3 Å². The minimum atomic E-state index is -3.92. The SMILES string of the molecule is CCCCNC(=O)[C@H](Cc1ccccc1)N(Cc1ccc(Br)cc1)C(=O)CN(c1cc(Cl)cc(Cl)c1)S(C)(=O)=O. The Morgan fingerprint density at radius 1 is 0.950 bits per heavy atom. The fourth-order valence-electron chi connectivity index (χ4n) is 4.14. The Morgan fingerprint density at radius 2 is 1.57 bits per heavy atom. The summed E-state index contributed by atoms with van der Waals surface area (Å²) in [4.78, 5) is 29.1. The van der Waals surface area contributed by atoms with Crippen molar-refractivity contribution in [1.82, 2.24) is 10.2 Å². The maximum absolute atomic E-state index is 14.0. The highest BCUT2D eigenvalue weighted by Crippen LogP contribution is 2.27. The largest absolute Gasteiger partial charge is 0.354 e. The third-order valence-electron chi connectivity index (χ3n) is 6.18. The number of unbranched alkanes of at least 4 members (excludes halogenated alkanes) is 1. The average Bonchev–Trinajstić information content (AvgIpc) is 2.89. The van der Waals surface area contributed by atoms with Gasteiger partial charge in [0.05, 0.1) is 11.9 Å². The molecule has 0 aliphatic rings. The van der Waals surface area contributed by atoms with Crippen LogP contribution < -0.4 is 9.62 Å². The molecular weight excluding hydrogens is 637 g/mol. The smallest absolute Gasteiger partial charge is 0.244 e. The zero-order valence-electron chi connectivity index (χ0n) is 22.3.